The zero-order valence-electron chi connectivity index (χ0n) is 17.7. The van der Waals surface area contributed by atoms with Gasteiger partial charge in [-0.2, -0.15) is 4.72 Å². The smallest absolute Gasteiger partial charge is 0.241 e. The molecule has 2 rings (SSSR count). The summed E-state index contributed by atoms with van der Waals surface area (Å²) in [6.45, 7) is 7.89. The van der Waals surface area contributed by atoms with Crippen LogP contribution in [0.3, 0.4) is 0 Å². The highest BCUT2D eigenvalue weighted by atomic mass is 32.2. The number of sulfonamides is 1. The van der Waals surface area contributed by atoms with Crippen molar-refractivity contribution in [3.8, 4) is 5.75 Å². The number of nitrogens with one attached hydrogen (secondary N) is 2. The first-order chi connectivity index (χ1) is 13.6. The van der Waals surface area contributed by atoms with Crippen LogP contribution < -0.4 is 14.8 Å². The lowest BCUT2D eigenvalue weighted by molar-refractivity contribution is -0.123. The van der Waals surface area contributed by atoms with Gasteiger partial charge in [-0.1, -0.05) is 49.2 Å². The molecule has 7 heteroatoms. The summed E-state index contributed by atoms with van der Waals surface area (Å²) >= 11 is 0. The van der Waals surface area contributed by atoms with Gasteiger partial charge in [0.25, 0.3) is 0 Å². The molecule has 158 valence electrons. The topological polar surface area (TPSA) is 84.5 Å². The molecule has 0 radical (unpaired) electrons. The number of amides is 1. The molecule has 0 aliphatic rings. The minimum absolute atomic E-state index is 0.144. The lowest BCUT2D eigenvalue weighted by Crippen LogP contribution is -2.49. The van der Waals surface area contributed by atoms with Gasteiger partial charge in [-0.25, -0.2) is 8.42 Å². The van der Waals surface area contributed by atoms with Crippen LogP contribution in [0.15, 0.2) is 47.4 Å². The van der Waals surface area contributed by atoms with Gasteiger partial charge in [0.15, 0.2) is 0 Å². The van der Waals surface area contributed by atoms with Crippen molar-refractivity contribution in [1.29, 1.82) is 0 Å². The van der Waals surface area contributed by atoms with E-state index < -0.39 is 16.1 Å². The van der Waals surface area contributed by atoms with E-state index in [0.29, 0.717) is 13.0 Å². The summed E-state index contributed by atoms with van der Waals surface area (Å²) in [6.07, 6.45) is 0.589. The van der Waals surface area contributed by atoms with Crippen molar-refractivity contribution in [3.05, 3.63) is 59.2 Å². The Balaban J connectivity index is 2.04. The molecule has 0 aliphatic heterocycles. The van der Waals surface area contributed by atoms with Crippen molar-refractivity contribution >= 4 is 15.9 Å². The number of hydrogen-bond acceptors (Lipinski definition) is 4. The van der Waals surface area contributed by atoms with Gasteiger partial charge in [0.1, 0.15) is 11.8 Å². The van der Waals surface area contributed by atoms with Crippen molar-refractivity contribution in [2.24, 2.45) is 5.92 Å². The summed E-state index contributed by atoms with van der Waals surface area (Å²) < 4.78 is 33.2. The number of hydrogen-bond donors (Lipinski definition) is 2. The highest BCUT2D eigenvalue weighted by Crippen LogP contribution is 2.20. The first-order valence-corrected chi connectivity index (χ1v) is 11.1. The SMILES string of the molecule is COc1ccc(C)cc1CCNC(=O)[C@@H](NS(=O)(=O)c1ccc(C)cc1)C(C)C. The monoisotopic (exact) mass is 418 g/mol. The Morgan fingerprint density at radius 3 is 2.24 bits per heavy atom. The van der Waals surface area contributed by atoms with Crippen LogP contribution in [0.25, 0.3) is 0 Å². The van der Waals surface area contributed by atoms with E-state index in [1.807, 2.05) is 45.9 Å². The zero-order valence-corrected chi connectivity index (χ0v) is 18.5. The molecule has 2 aromatic carbocycles. The van der Waals surface area contributed by atoms with Crippen LogP contribution in [-0.2, 0) is 21.2 Å². The largest absolute Gasteiger partial charge is 0.496 e. The molecule has 0 saturated heterocycles. The Labute approximate surface area is 173 Å². The number of carbonyl (C=O) groups is 1. The summed E-state index contributed by atoms with van der Waals surface area (Å²) in [4.78, 5) is 12.8. The quantitative estimate of drug-likeness (QED) is 0.656. The van der Waals surface area contributed by atoms with Crippen molar-refractivity contribution in [2.45, 2.75) is 45.1 Å². The molecule has 0 fully saturated rings. The normalized spacial score (nSPS) is 12.6. The molecule has 1 amide bonds. The van der Waals surface area contributed by atoms with E-state index in [1.54, 1.807) is 19.2 Å². The first kappa shape index (κ1) is 22.9. The van der Waals surface area contributed by atoms with E-state index in [9.17, 15) is 13.2 Å². The van der Waals surface area contributed by atoms with Crippen LogP contribution in [0.4, 0.5) is 0 Å². The predicted octanol–water partition coefficient (Wildman–Crippen LogP) is 2.97. The van der Waals surface area contributed by atoms with Gasteiger partial charge in [-0.15, -0.1) is 0 Å². The highest BCUT2D eigenvalue weighted by Gasteiger charge is 2.28. The maximum Gasteiger partial charge on any atom is 0.241 e. The predicted molar refractivity (Wildman–Crippen MR) is 115 cm³/mol. The lowest BCUT2D eigenvalue weighted by atomic mass is 10.0. The van der Waals surface area contributed by atoms with Crippen molar-refractivity contribution in [1.82, 2.24) is 10.0 Å². The molecular formula is C22H30N2O4S. The molecule has 0 aliphatic carbocycles. The summed E-state index contributed by atoms with van der Waals surface area (Å²) in [6, 6.07) is 11.6. The van der Waals surface area contributed by atoms with Crippen molar-refractivity contribution in [3.63, 3.8) is 0 Å². The minimum atomic E-state index is -3.79. The molecule has 29 heavy (non-hydrogen) atoms. The molecule has 0 bridgehead atoms. The summed E-state index contributed by atoms with van der Waals surface area (Å²) in [5.41, 5.74) is 3.07. The van der Waals surface area contributed by atoms with Crippen molar-refractivity contribution in [2.75, 3.05) is 13.7 Å². The molecule has 0 aromatic heterocycles. The van der Waals surface area contributed by atoms with Gasteiger partial charge in [-0.05, 0) is 49.9 Å². The molecular weight excluding hydrogens is 388 g/mol. The lowest BCUT2D eigenvalue weighted by Gasteiger charge is -2.22. The number of benzene rings is 2. The molecule has 2 aromatic rings. The van der Waals surface area contributed by atoms with E-state index in [0.717, 1.165) is 22.4 Å². The van der Waals surface area contributed by atoms with Crippen LogP contribution in [0.5, 0.6) is 5.75 Å². The van der Waals surface area contributed by atoms with E-state index in [4.69, 9.17) is 4.74 Å². The molecule has 0 spiro atoms. The number of rotatable bonds is 9. The van der Waals surface area contributed by atoms with E-state index >= 15 is 0 Å². The van der Waals surface area contributed by atoms with Gasteiger partial charge < -0.3 is 10.1 Å². The number of aryl methyl sites for hydroxylation is 2. The van der Waals surface area contributed by atoms with E-state index in [1.165, 1.54) is 12.1 Å². The second-order valence-corrected chi connectivity index (χ2v) is 9.23. The van der Waals surface area contributed by atoms with Crippen LogP contribution in [-0.4, -0.2) is 34.0 Å². The molecule has 0 unspecified atom stereocenters. The third-order valence-corrected chi connectivity index (χ3v) is 6.15. The Morgan fingerprint density at radius 1 is 1.03 bits per heavy atom. The number of carbonyl (C=O) groups excluding carboxylic acids is 1. The number of methoxy groups -OCH3 is 1. The molecule has 0 heterocycles. The average Bonchev–Trinajstić information content (AvgIpc) is 2.66. The third kappa shape index (κ3) is 6.30. The van der Waals surface area contributed by atoms with Crippen LogP contribution in [0, 0.1) is 19.8 Å². The maximum absolute atomic E-state index is 12.7. The van der Waals surface area contributed by atoms with Crippen LogP contribution in [0.2, 0.25) is 0 Å². The molecule has 0 saturated carbocycles. The average molecular weight is 419 g/mol. The van der Waals surface area contributed by atoms with Gasteiger partial charge in [-0.3, -0.25) is 4.79 Å². The fourth-order valence-electron chi connectivity index (χ4n) is 2.98. The molecule has 6 nitrogen and oxygen atoms in total. The summed E-state index contributed by atoms with van der Waals surface area (Å²) in [5, 5.41) is 2.85. The standard InChI is InChI=1S/C22H30N2O4S/c1-15(2)21(24-29(26,27)19-9-6-16(3)7-10-19)22(25)23-13-12-18-14-17(4)8-11-20(18)28-5/h6-11,14-15,21,24H,12-13H2,1-5H3,(H,23,25)/t21-/m0/s1. The Morgan fingerprint density at radius 2 is 1.66 bits per heavy atom. The minimum Gasteiger partial charge on any atom is -0.496 e. The van der Waals surface area contributed by atoms with Gasteiger partial charge in [0.2, 0.25) is 15.9 Å². The van der Waals surface area contributed by atoms with Crippen molar-refractivity contribution < 1.29 is 17.9 Å². The third-order valence-electron chi connectivity index (χ3n) is 4.69. The van der Waals surface area contributed by atoms with Gasteiger partial charge >= 0.3 is 0 Å². The second kappa shape index (κ2) is 9.89. The number of ether oxygens (including phenoxy) is 1. The van der Waals surface area contributed by atoms with E-state index in [2.05, 4.69) is 10.0 Å². The second-order valence-electron chi connectivity index (χ2n) is 7.51. The van der Waals surface area contributed by atoms with Crippen LogP contribution in [0.1, 0.15) is 30.5 Å². The molecule has 1 atom stereocenters. The fraction of sp³-hybridized carbons (Fsp3) is 0.409. The Kier molecular flexibility index (Phi) is 7.81. The Hall–Kier alpha value is -2.38. The highest BCUT2D eigenvalue weighted by molar-refractivity contribution is 7.89. The summed E-state index contributed by atoms with van der Waals surface area (Å²) in [7, 11) is -2.18. The van der Waals surface area contributed by atoms with Gasteiger partial charge in [0.05, 0.1) is 12.0 Å². The van der Waals surface area contributed by atoms with Crippen LogP contribution >= 0.6 is 0 Å². The van der Waals surface area contributed by atoms with Gasteiger partial charge in [0, 0.05) is 6.54 Å². The zero-order chi connectivity index (χ0) is 21.6. The molecule has 2 N–H and O–H groups in total. The summed E-state index contributed by atoms with van der Waals surface area (Å²) in [5.74, 6) is 0.219. The Bertz CT molecular complexity index is 938. The fourth-order valence-corrected chi connectivity index (χ4v) is 4.32. The maximum atomic E-state index is 12.7. The van der Waals surface area contributed by atoms with E-state index in [-0.39, 0.29) is 16.7 Å². The first-order valence-electron chi connectivity index (χ1n) is 9.64.